The van der Waals surface area contributed by atoms with Gasteiger partial charge in [-0.2, -0.15) is 0 Å². The highest BCUT2D eigenvalue weighted by atomic mass is 35.5. The number of benzene rings is 1. The van der Waals surface area contributed by atoms with Gasteiger partial charge >= 0.3 is 0 Å². The highest BCUT2D eigenvalue weighted by Gasteiger charge is 2.27. The summed E-state index contributed by atoms with van der Waals surface area (Å²) in [6, 6.07) is 6.86. The lowest BCUT2D eigenvalue weighted by Gasteiger charge is -2.23. The molecule has 3 N–H and O–H groups in total. The van der Waals surface area contributed by atoms with Gasteiger partial charge in [0, 0.05) is 29.7 Å². The summed E-state index contributed by atoms with van der Waals surface area (Å²) >= 11 is 5.86. The standard InChI is InChI=1S/C14H20ClN3O3S/c15-11-3-1-4-12(9-11)17-14(19)6-8-18-7-2-5-13(18)10-22(16,20)21/h1,3-4,9,13H,2,5-8,10H2,(H,17,19)(H2,16,20,21)/t13-/m1/s1. The van der Waals surface area contributed by atoms with Crippen molar-refractivity contribution in [3.05, 3.63) is 29.3 Å². The number of primary sulfonamides is 1. The molecule has 1 aliphatic rings. The number of carbonyl (C=O) groups is 1. The van der Waals surface area contributed by atoms with Crippen LogP contribution in [0.25, 0.3) is 0 Å². The molecule has 0 aliphatic carbocycles. The van der Waals surface area contributed by atoms with Crippen molar-refractivity contribution in [3.8, 4) is 0 Å². The van der Waals surface area contributed by atoms with E-state index in [4.69, 9.17) is 16.7 Å². The number of rotatable bonds is 6. The van der Waals surface area contributed by atoms with E-state index >= 15 is 0 Å². The Hall–Kier alpha value is -1.15. The van der Waals surface area contributed by atoms with Crippen LogP contribution >= 0.6 is 11.6 Å². The molecule has 1 aliphatic heterocycles. The molecule has 1 amide bonds. The minimum absolute atomic E-state index is 0.0527. The van der Waals surface area contributed by atoms with Gasteiger partial charge in [0.25, 0.3) is 0 Å². The Balaban J connectivity index is 1.83. The number of halogens is 1. The molecule has 1 fully saturated rings. The first-order valence-electron chi connectivity index (χ1n) is 7.13. The Bertz CT molecular complexity index is 636. The van der Waals surface area contributed by atoms with E-state index in [-0.39, 0.29) is 17.7 Å². The number of hydrogen-bond donors (Lipinski definition) is 2. The second-order valence-corrected chi connectivity index (χ2v) is 7.57. The van der Waals surface area contributed by atoms with E-state index in [9.17, 15) is 13.2 Å². The van der Waals surface area contributed by atoms with E-state index in [1.165, 1.54) is 0 Å². The van der Waals surface area contributed by atoms with Gasteiger partial charge in [0.05, 0.1) is 5.75 Å². The van der Waals surface area contributed by atoms with Crippen LogP contribution in [0, 0.1) is 0 Å². The number of hydrogen-bond acceptors (Lipinski definition) is 4. The summed E-state index contributed by atoms with van der Waals surface area (Å²) in [5.41, 5.74) is 0.653. The van der Waals surface area contributed by atoms with Gasteiger partial charge in [0.1, 0.15) is 0 Å². The third-order valence-corrected chi connectivity index (χ3v) is 4.74. The van der Waals surface area contributed by atoms with Gasteiger partial charge in [-0.15, -0.1) is 0 Å². The molecule has 0 radical (unpaired) electrons. The molecule has 0 saturated carbocycles. The molecule has 1 atom stereocenters. The van der Waals surface area contributed by atoms with Gasteiger partial charge in [0.2, 0.25) is 15.9 Å². The highest BCUT2D eigenvalue weighted by molar-refractivity contribution is 7.89. The van der Waals surface area contributed by atoms with E-state index in [0.29, 0.717) is 23.7 Å². The van der Waals surface area contributed by atoms with Crippen LogP contribution in [0.5, 0.6) is 0 Å². The minimum Gasteiger partial charge on any atom is -0.326 e. The number of amides is 1. The van der Waals surface area contributed by atoms with E-state index in [2.05, 4.69) is 5.32 Å². The van der Waals surface area contributed by atoms with Gasteiger partial charge in [-0.05, 0) is 37.6 Å². The molecule has 0 bridgehead atoms. The van der Waals surface area contributed by atoms with Crippen molar-refractivity contribution >= 4 is 33.2 Å². The predicted octanol–water partition coefficient (Wildman–Crippen LogP) is 1.42. The molecule has 2 rings (SSSR count). The van der Waals surface area contributed by atoms with Crippen molar-refractivity contribution in [1.82, 2.24) is 4.90 Å². The first-order valence-corrected chi connectivity index (χ1v) is 9.23. The van der Waals surface area contributed by atoms with Crippen molar-refractivity contribution in [2.24, 2.45) is 5.14 Å². The third kappa shape index (κ3) is 5.57. The van der Waals surface area contributed by atoms with Crippen LogP contribution < -0.4 is 10.5 Å². The monoisotopic (exact) mass is 345 g/mol. The number of nitrogens with two attached hydrogens (primary N) is 1. The lowest BCUT2D eigenvalue weighted by molar-refractivity contribution is -0.116. The average molecular weight is 346 g/mol. The topological polar surface area (TPSA) is 92.5 Å². The van der Waals surface area contributed by atoms with E-state index in [1.54, 1.807) is 24.3 Å². The van der Waals surface area contributed by atoms with Crippen LogP contribution in [0.1, 0.15) is 19.3 Å². The van der Waals surface area contributed by atoms with E-state index in [1.807, 2.05) is 4.90 Å². The van der Waals surface area contributed by atoms with Crippen LogP contribution in [0.3, 0.4) is 0 Å². The fourth-order valence-electron chi connectivity index (χ4n) is 2.68. The van der Waals surface area contributed by atoms with Crippen molar-refractivity contribution < 1.29 is 13.2 Å². The lowest BCUT2D eigenvalue weighted by Crippen LogP contribution is -2.38. The molecule has 1 saturated heterocycles. The van der Waals surface area contributed by atoms with Crippen molar-refractivity contribution in [3.63, 3.8) is 0 Å². The van der Waals surface area contributed by atoms with E-state index < -0.39 is 10.0 Å². The number of nitrogens with zero attached hydrogens (tertiary/aromatic N) is 1. The molecular weight excluding hydrogens is 326 g/mol. The van der Waals surface area contributed by atoms with Crippen LogP contribution in [0.15, 0.2) is 24.3 Å². The highest BCUT2D eigenvalue weighted by Crippen LogP contribution is 2.19. The maximum Gasteiger partial charge on any atom is 0.225 e. The smallest absolute Gasteiger partial charge is 0.225 e. The number of likely N-dealkylation sites (tertiary alicyclic amines) is 1. The Morgan fingerprint density at radius 2 is 2.23 bits per heavy atom. The predicted molar refractivity (Wildman–Crippen MR) is 87.3 cm³/mol. The van der Waals surface area contributed by atoms with Gasteiger partial charge in [-0.3, -0.25) is 9.69 Å². The normalized spacial score (nSPS) is 19.3. The van der Waals surface area contributed by atoms with Gasteiger partial charge in [0.15, 0.2) is 0 Å². The molecular formula is C14H20ClN3O3S. The zero-order chi connectivity index (χ0) is 16.2. The number of nitrogens with one attached hydrogen (secondary N) is 1. The minimum atomic E-state index is -3.49. The van der Waals surface area contributed by atoms with Crippen molar-refractivity contribution in [2.45, 2.75) is 25.3 Å². The molecule has 1 aromatic rings. The first-order chi connectivity index (χ1) is 10.3. The SMILES string of the molecule is NS(=O)(=O)C[C@H]1CCCN1CCC(=O)Nc1cccc(Cl)c1. The molecule has 1 heterocycles. The van der Waals surface area contributed by atoms with E-state index in [0.717, 1.165) is 19.4 Å². The quantitative estimate of drug-likeness (QED) is 0.815. The second-order valence-electron chi connectivity index (χ2n) is 5.47. The molecule has 0 unspecified atom stereocenters. The Labute approximate surface area is 135 Å². The van der Waals surface area contributed by atoms with Gasteiger partial charge in [-0.1, -0.05) is 17.7 Å². The molecule has 8 heteroatoms. The summed E-state index contributed by atoms with van der Waals surface area (Å²) < 4.78 is 22.4. The van der Waals surface area contributed by atoms with Crippen LogP contribution in [0.2, 0.25) is 5.02 Å². The molecule has 0 spiro atoms. The summed E-state index contributed by atoms with van der Waals surface area (Å²) in [7, 11) is -3.49. The molecule has 0 aromatic heterocycles. The van der Waals surface area contributed by atoms with Crippen LogP contribution in [0.4, 0.5) is 5.69 Å². The number of anilines is 1. The third-order valence-electron chi connectivity index (χ3n) is 3.66. The Kier molecular flexibility index (Phi) is 5.80. The molecule has 1 aromatic carbocycles. The first kappa shape index (κ1) is 17.2. The molecule has 6 nitrogen and oxygen atoms in total. The lowest BCUT2D eigenvalue weighted by atomic mass is 10.2. The fourth-order valence-corrected chi connectivity index (χ4v) is 3.79. The second kappa shape index (κ2) is 7.41. The summed E-state index contributed by atoms with van der Waals surface area (Å²) in [4.78, 5) is 14.0. The maximum absolute atomic E-state index is 11.9. The Morgan fingerprint density at radius 3 is 2.91 bits per heavy atom. The fraction of sp³-hybridized carbons (Fsp3) is 0.500. The van der Waals surface area contributed by atoms with Crippen LogP contribution in [-0.2, 0) is 14.8 Å². The summed E-state index contributed by atoms with van der Waals surface area (Å²) in [6.07, 6.45) is 2.02. The largest absolute Gasteiger partial charge is 0.326 e. The summed E-state index contributed by atoms with van der Waals surface area (Å²) in [5.74, 6) is -0.174. The Morgan fingerprint density at radius 1 is 1.45 bits per heavy atom. The van der Waals surface area contributed by atoms with Gasteiger partial charge < -0.3 is 5.32 Å². The van der Waals surface area contributed by atoms with Crippen molar-refractivity contribution in [2.75, 3.05) is 24.2 Å². The zero-order valence-corrected chi connectivity index (χ0v) is 13.7. The van der Waals surface area contributed by atoms with Crippen LogP contribution in [-0.4, -0.2) is 44.1 Å². The maximum atomic E-state index is 11.9. The number of sulfonamides is 1. The molecule has 22 heavy (non-hydrogen) atoms. The van der Waals surface area contributed by atoms with Crippen molar-refractivity contribution in [1.29, 1.82) is 0 Å². The zero-order valence-electron chi connectivity index (χ0n) is 12.2. The number of carbonyl (C=O) groups excluding carboxylic acids is 1. The average Bonchev–Trinajstić information content (AvgIpc) is 2.81. The van der Waals surface area contributed by atoms with Gasteiger partial charge in [-0.25, -0.2) is 13.6 Å². The summed E-state index contributed by atoms with van der Waals surface area (Å²) in [6.45, 7) is 1.32. The summed E-state index contributed by atoms with van der Waals surface area (Å²) in [5, 5.41) is 8.44. The molecule has 122 valence electrons.